The summed E-state index contributed by atoms with van der Waals surface area (Å²) in [7, 11) is 0.677. The molecule has 1 N–H and O–H groups in total. The average Bonchev–Trinajstić information content (AvgIpc) is 3.37. The van der Waals surface area contributed by atoms with E-state index in [1.165, 1.54) is 18.4 Å². The van der Waals surface area contributed by atoms with Crippen molar-refractivity contribution in [1.29, 1.82) is 0 Å². The largest absolute Gasteiger partial charge is 0.497 e. The number of amides is 1. The Balaban J connectivity index is 1.71. The second-order valence-electron chi connectivity index (χ2n) is 10.3. The second-order valence-corrected chi connectivity index (χ2v) is 13.3. The maximum atomic E-state index is 13.9. The van der Waals surface area contributed by atoms with Gasteiger partial charge in [-0.2, -0.15) is 22.1 Å². The molecule has 0 saturated carbocycles. The van der Waals surface area contributed by atoms with Crippen molar-refractivity contribution in [2.24, 2.45) is 0 Å². The van der Waals surface area contributed by atoms with Crippen LogP contribution in [0, 0.1) is 0 Å². The van der Waals surface area contributed by atoms with Gasteiger partial charge in [-0.3, -0.25) is 4.79 Å². The van der Waals surface area contributed by atoms with E-state index in [4.69, 9.17) is 33.0 Å². The Morgan fingerprint density at radius 2 is 1.74 bits per heavy atom. The number of aromatic nitrogens is 2. The fourth-order valence-electron chi connectivity index (χ4n) is 4.94. The molecule has 1 amide bonds. The number of nitrogens with zero attached hydrogens (tertiary/aromatic N) is 4. The van der Waals surface area contributed by atoms with E-state index >= 15 is 0 Å². The van der Waals surface area contributed by atoms with Crippen molar-refractivity contribution in [3.8, 4) is 11.4 Å². The van der Waals surface area contributed by atoms with E-state index in [2.05, 4.69) is 5.32 Å². The molecule has 0 aliphatic carbocycles. The van der Waals surface area contributed by atoms with E-state index in [1.807, 2.05) is 67.6 Å². The topological polar surface area (TPSA) is 96.8 Å². The van der Waals surface area contributed by atoms with Crippen molar-refractivity contribution in [2.45, 2.75) is 19.5 Å². The summed E-state index contributed by atoms with van der Waals surface area (Å²) >= 11 is 12.9. The van der Waals surface area contributed by atoms with Crippen LogP contribution in [0.5, 0.6) is 5.75 Å². The van der Waals surface area contributed by atoms with Gasteiger partial charge in [0.15, 0.2) is 5.69 Å². The number of benzene rings is 3. The van der Waals surface area contributed by atoms with Crippen LogP contribution >= 0.6 is 23.2 Å². The molecule has 0 unspecified atom stereocenters. The first kappa shape index (κ1) is 30.8. The Kier molecular flexibility index (Phi) is 8.96. The molecule has 1 aliphatic rings. The van der Waals surface area contributed by atoms with Crippen molar-refractivity contribution in [2.75, 3.05) is 27.7 Å². The second kappa shape index (κ2) is 12.5. The molecule has 43 heavy (non-hydrogen) atoms. The predicted octanol–water partition coefficient (Wildman–Crippen LogP) is 5.84. The molecular formula is C31H31Cl2N5O4S. The van der Waals surface area contributed by atoms with Crippen LogP contribution in [0.25, 0.3) is 17.3 Å². The van der Waals surface area contributed by atoms with Gasteiger partial charge < -0.3 is 10.1 Å². The SMILES string of the molecule is COc1ccc(/C=C2\CN(S(=O)(=O)N(C)C)Cc3c(C(=O)N[C@H](C)c4ccccc4)nn(-c4ccc(Cl)cc4Cl)c32)cc1. The van der Waals surface area contributed by atoms with Crippen LogP contribution in [0.15, 0.2) is 72.8 Å². The molecule has 1 aliphatic heterocycles. The van der Waals surface area contributed by atoms with Gasteiger partial charge in [0.25, 0.3) is 16.1 Å². The Morgan fingerprint density at radius 1 is 1.05 bits per heavy atom. The van der Waals surface area contributed by atoms with Crippen molar-refractivity contribution >= 4 is 51.0 Å². The normalized spacial score (nSPS) is 15.4. The number of carbonyl (C=O) groups excluding carboxylic acids is 1. The first-order valence-corrected chi connectivity index (χ1v) is 15.6. The highest BCUT2D eigenvalue weighted by Crippen LogP contribution is 2.37. The van der Waals surface area contributed by atoms with Gasteiger partial charge >= 0.3 is 0 Å². The van der Waals surface area contributed by atoms with Crippen LogP contribution in [0.1, 0.15) is 45.8 Å². The third-order valence-electron chi connectivity index (χ3n) is 7.21. The molecule has 0 fully saturated rings. The summed E-state index contributed by atoms with van der Waals surface area (Å²) in [6, 6.07) is 21.6. The lowest BCUT2D eigenvalue weighted by atomic mass is 9.98. The minimum atomic E-state index is -3.86. The van der Waals surface area contributed by atoms with Gasteiger partial charge in [-0.05, 0) is 60.0 Å². The van der Waals surface area contributed by atoms with Crippen LogP contribution in [-0.2, 0) is 16.8 Å². The Hall–Kier alpha value is -3.67. The molecule has 2 heterocycles. The third-order valence-corrected chi connectivity index (χ3v) is 9.58. The fourth-order valence-corrected chi connectivity index (χ4v) is 6.48. The van der Waals surface area contributed by atoms with E-state index in [0.717, 1.165) is 15.4 Å². The number of hydrogen-bond acceptors (Lipinski definition) is 5. The number of ether oxygens (including phenoxy) is 1. The smallest absolute Gasteiger partial charge is 0.282 e. The molecule has 9 nitrogen and oxygen atoms in total. The van der Waals surface area contributed by atoms with Crippen LogP contribution < -0.4 is 10.1 Å². The molecule has 4 aromatic rings. The zero-order chi connectivity index (χ0) is 30.9. The fraction of sp³-hybridized carbons (Fsp3) is 0.226. The first-order chi connectivity index (χ1) is 20.5. The van der Waals surface area contributed by atoms with Crippen molar-refractivity contribution in [3.05, 3.63) is 111 Å². The maximum Gasteiger partial charge on any atom is 0.282 e. The number of nitrogens with one attached hydrogen (secondary N) is 1. The summed E-state index contributed by atoms with van der Waals surface area (Å²) < 4.78 is 36.3. The van der Waals surface area contributed by atoms with Gasteiger partial charge in [-0.1, -0.05) is 65.7 Å². The summed E-state index contributed by atoms with van der Waals surface area (Å²) in [5.41, 5.74) is 4.00. The molecule has 1 aromatic heterocycles. The van der Waals surface area contributed by atoms with E-state index in [-0.39, 0.29) is 24.8 Å². The molecule has 0 radical (unpaired) electrons. The summed E-state index contributed by atoms with van der Waals surface area (Å²) in [5, 5.41) is 8.56. The lowest BCUT2D eigenvalue weighted by molar-refractivity contribution is 0.0933. The Labute approximate surface area is 261 Å². The van der Waals surface area contributed by atoms with E-state index in [0.29, 0.717) is 38.3 Å². The Bertz CT molecular complexity index is 1790. The van der Waals surface area contributed by atoms with Gasteiger partial charge in [0.2, 0.25) is 0 Å². The number of hydrogen-bond donors (Lipinski definition) is 1. The lowest BCUT2D eigenvalue weighted by Gasteiger charge is -2.31. The van der Waals surface area contributed by atoms with Gasteiger partial charge in [-0.15, -0.1) is 0 Å². The van der Waals surface area contributed by atoms with Gasteiger partial charge in [0, 0.05) is 37.8 Å². The van der Waals surface area contributed by atoms with Crippen LogP contribution in [0.4, 0.5) is 0 Å². The molecule has 0 saturated heterocycles. The number of carbonyl (C=O) groups is 1. The van der Waals surface area contributed by atoms with E-state index < -0.39 is 16.1 Å². The highest BCUT2D eigenvalue weighted by Gasteiger charge is 2.37. The van der Waals surface area contributed by atoms with Crippen LogP contribution in [0.3, 0.4) is 0 Å². The number of methoxy groups -OCH3 is 1. The molecule has 224 valence electrons. The van der Waals surface area contributed by atoms with E-state index in [9.17, 15) is 13.2 Å². The van der Waals surface area contributed by atoms with E-state index in [1.54, 1.807) is 30.0 Å². The number of rotatable bonds is 8. The van der Waals surface area contributed by atoms with Gasteiger partial charge in [0.05, 0.1) is 29.6 Å². The number of halogens is 2. The molecule has 0 bridgehead atoms. The monoisotopic (exact) mass is 639 g/mol. The third kappa shape index (κ3) is 6.34. The number of fused-ring (bicyclic) bond motifs is 1. The first-order valence-electron chi connectivity index (χ1n) is 13.4. The highest BCUT2D eigenvalue weighted by atomic mass is 35.5. The molecular weight excluding hydrogens is 609 g/mol. The van der Waals surface area contributed by atoms with Gasteiger partial charge in [0.1, 0.15) is 5.75 Å². The minimum absolute atomic E-state index is 0.0396. The van der Waals surface area contributed by atoms with Gasteiger partial charge in [-0.25, -0.2) is 4.68 Å². The minimum Gasteiger partial charge on any atom is -0.497 e. The molecule has 5 rings (SSSR count). The highest BCUT2D eigenvalue weighted by molar-refractivity contribution is 7.86. The van der Waals surface area contributed by atoms with Crippen LogP contribution in [-0.4, -0.2) is 60.5 Å². The van der Waals surface area contributed by atoms with Crippen molar-refractivity contribution in [3.63, 3.8) is 0 Å². The molecule has 1 atom stereocenters. The van der Waals surface area contributed by atoms with Crippen molar-refractivity contribution < 1.29 is 17.9 Å². The quantitative estimate of drug-likeness (QED) is 0.261. The lowest BCUT2D eigenvalue weighted by Crippen LogP contribution is -2.43. The summed E-state index contributed by atoms with van der Waals surface area (Å²) in [6.07, 6.45) is 1.88. The standard InChI is InChI=1S/C31H31Cl2N5O4S/c1-20(22-8-6-5-7-9-22)34-31(39)29-26-19-37(43(40,41)36(2)3)18-23(16-21-10-13-25(42-4)14-11-21)30(26)38(35-29)28-15-12-24(32)17-27(28)33/h5-17,20H,18-19H2,1-4H3,(H,34,39)/b23-16+/t20-/m1/s1. The summed E-state index contributed by atoms with van der Waals surface area (Å²) in [5.74, 6) is 0.247. The molecule has 0 spiro atoms. The van der Waals surface area contributed by atoms with Crippen LogP contribution in [0.2, 0.25) is 10.0 Å². The molecule has 12 heteroatoms. The summed E-state index contributed by atoms with van der Waals surface area (Å²) in [6.45, 7) is 1.85. The van der Waals surface area contributed by atoms with Crippen molar-refractivity contribution in [1.82, 2.24) is 23.7 Å². The summed E-state index contributed by atoms with van der Waals surface area (Å²) in [4.78, 5) is 13.9. The average molecular weight is 641 g/mol. The zero-order valence-electron chi connectivity index (χ0n) is 24.1. The predicted molar refractivity (Wildman–Crippen MR) is 170 cm³/mol. The molecule has 3 aromatic carbocycles. The zero-order valence-corrected chi connectivity index (χ0v) is 26.4. The Morgan fingerprint density at radius 3 is 2.37 bits per heavy atom. The maximum absolute atomic E-state index is 13.9.